The maximum Gasteiger partial charge on any atom is 2.00 e. The van der Waals surface area contributed by atoms with Gasteiger partial charge in [-0.2, -0.15) is 0 Å². The molecule has 0 aliphatic rings. The van der Waals surface area contributed by atoms with Crippen molar-refractivity contribution in [2.24, 2.45) is 0 Å². The third-order valence-electron chi connectivity index (χ3n) is 0.576. The molecule has 1 atom stereocenters. The third-order valence-corrected chi connectivity index (χ3v) is 0.576. The Morgan fingerprint density at radius 1 is 1.67 bits per heavy atom. The number of nitrogens with zero attached hydrogens (tertiary/aromatic N) is 1. The molecule has 0 spiro atoms. The van der Waals surface area contributed by atoms with Gasteiger partial charge in [-0.05, 0) is 20.5 Å². The van der Waals surface area contributed by atoms with Gasteiger partial charge in [0.15, 0.2) is 0 Å². The summed E-state index contributed by atoms with van der Waals surface area (Å²) >= 11 is 0. The number of rotatable bonds is 2. The number of aliphatic hydroxyl groups excluding tert-OH is 1. The summed E-state index contributed by atoms with van der Waals surface area (Å²) in [5, 5.41) is 8.64. The van der Waals surface area contributed by atoms with Gasteiger partial charge in [-0.1, -0.05) is 0 Å². The van der Waals surface area contributed by atoms with Crippen molar-refractivity contribution in [2.75, 3.05) is 13.6 Å². The number of likely N-dealkylation sites (N-methyl/N-ethyl adjacent to an activating group) is 1. The van der Waals surface area contributed by atoms with E-state index in [1.165, 1.54) is 0 Å². The standard InChI is InChI=1S/C5H12NO.CH3.W/c1-5(7)4-6(2)3;;/h5,7H,2,4H2,1,3H3;1H3;/q2*-1;+2. The first-order valence-electron chi connectivity index (χ1n) is 2.32. The van der Waals surface area contributed by atoms with Gasteiger partial charge in [-0.3, -0.25) is 7.05 Å². The maximum atomic E-state index is 8.64. The van der Waals surface area contributed by atoms with Crippen LogP contribution in [-0.2, 0) is 21.1 Å². The van der Waals surface area contributed by atoms with Crippen LogP contribution in [-0.4, -0.2) is 29.7 Å². The molecule has 3 heteroatoms. The molecule has 0 fully saturated rings. The van der Waals surface area contributed by atoms with E-state index in [-0.39, 0.29) is 34.6 Å². The van der Waals surface area contributed by atoms with E-state index in [9.17, 15) is 0 Å². The van der Waals surface area contributed by atoms with Gasteiger partial charge >= 0.3 is 21.1 Å². The Bertz CT molecular complexity index is 42.3. The van der Waals surface area contributed by atoms with Gasteiger partial charge in [-0.15, -0.1) is 0 Å². The summed E-state index contributed by atoms with van der Waals surface area (Å²) in [6, 6.07) is 0. The van der Waals surface area contributed by atoms with Crippen molar-refractivity contribution in [3.8, 4) is 0 Å². The summed E-state index contributed by atoms with van der Waals surface area (Å²) in [6.45, 7) is 2.38. The Morgan fingerprint density at radius 2 is 2.00 bits per heavy atom. The maximum absolute atomic E-state index is 8.64. The SMILES string of the molecule is [CH2-]N(C)CC(C)O.[CH3-].[W+2]. The summed E-state index contributed by atoms with van der Waals surface area (Å²) in [5.41, 5.74) is 0. The largest absolute Gasteiger partial charge is 2.00 e. The molecule has 0 aromatic carbocycles. The van der Waals surface area contributed by atoms with Gasteiger partial charge in [0.25, 0.3) is 0 Å². The van der Waals surface area contributed by atoms with E-state index in [2.05, 4.69) is 7.05 Å². The van der Waals surface area contributed by atoms with Gasteiger partial charge in [0, 0.05) is 0 Å². The molecule has 0 amide bonds. The average Bonchev–Trinajstić information content (AvgIpc) is 1.27. The van der Waals surface area contributed by atoms with Crippen molar-refractivity contribution < 1.29 is 26.2 Å². The molecule has 0 aromatic rings. The summed E-state index contributed by atoms with van der Waals surface area (Å²) in [7, 11) is 5.38. The predicted molar refractivity (Wildman–Crippen MR) is 36.1 cm³/mol. The van der Waals surface area contributed by atoms with Crippen LogP contribution in [0.5, 0.6) is 0 Å². The number of hydrogen-bond donors (Lipinski definition) is 1. The molecular weight excluding hydrogens is 286 g/mol. The first-order valence-corrected chi connectivity index (χ1v) is 2.32. The van der Waals surface area contributed by atoms with Gasteiger partial charge in [0.2, 0.25) is 0 Å². The average molecular weight is 301 g/mol. The fourth-order valence-electron chi connectivity index (χ4n) is 0.451. The van der Waals surface area contributed by atoms with Crippen molar-refractivity contribution in [3.63, 3.8) is 0 Å². The minimum Gasteiger partial charge on any atom is -0.460 e. The van der Waals surface area contributed by atoms with E-state index in [1.54, 1.807) is 11.8 Å². The molecule has 1 N–H and O–H groups in total. The Labute approximate surface area is 72.5 Å². The Morgan fingerprint density at radius 3 is 2.00 bits per heavy atom. The van der Waals surface area contributed by atoms with Gasteiger partial charge in [-0.25, -0.2) is 0 Å². The smallest absolute Gasteiger partial charge is 0.460 e. The second-order valence-electron chi connectivity index (χ2n) is 1.89. The van der Waals surface area contributed by atoms with Crippen molar-refractivity contribution in [3.05, 3.63) is 14.5 Å². The predicted octanol–water partition coefficient (Wildman–Crippen LogP) is 0.538. The number of aliphatic hydroxyl groups is 1. The molecule has 1 unspecified atom stereocenters. The fourth-order valence-corrected chi connectivity index (χ4v) is 0.451. The second-order valence-corrected chi connectivity index (χ2v) is 1.89. The van der Waals surface area contributed by atoms with E-state index < -0.39 is 0 Å². The summed E-state index contributed by atoms with van der Waals surface area (Å²) in [6.07, 6.45) is -0.262. The van der Waals surface area contributed by atoms with E-state index in [1.807, 2.05) is 7.05 Å². The molecule has 0 saturated heterocycles. The Kier molecular flexibility index (Phi) is 15.6. The second kappa shape index (κ2) is 8.61. The molecular formula is C6H15NOW. The van der Waals surface area contributed by atoms with E-state index in [0.717, 1.165) is 0 Å². The summed E-state index contributed by atoms with van der Waals surface area (Å²) in [5.74, 6) is 0. The quantitative estimate of drug-likeness (QED) is 0.753. The van der Waals surface area contributed by atoms with Crippen LogP contribution in [0.2, 0.25) is 0 Å². The zero-order chi connectivity index (χ0) is 5.86. The first-order chi connectivity index (χ1) is 3.13. The van der Waals surface area contributed by atoms with Crippen LogP contribution in [0.4, 0.5) is 0 Å². The molecule has 56 valence electrons. The molecule has 0 heterocycles. The van der Waals surface area contributed by atoms with Crippen LogP contribution in [0.3, 0.4) is 0 Å². The fraction of sp³-hybridized carbons (Fsp3) is 0.667. The topological polar surface area (TPSA) is 23.5 Å². The molecule has 9 heavy (non-hydrogen) atoms. The molecule has 0 aliphatic carbocycles. The van der Waals surface area contributed by atoms with Crippen LogP contribution in [0.25, 0.3) is 0 Å². The minimum absolute atomic E-state index is 0. The zero-order valence-corrected chi connectivity index (χ0v) is 9.23. The molecule has 0 aromatic heterocycles. The molecule has 2 nitrogen and oxygen atoms in total. The van der Waals surface area contributed by atoms with Crippen LogP contribution in [0.1, 0.15) is 6.92 Å². The zero-order valence-electron chi connectivity index (χ0n) is 6.29. The normalized spacial score (nSPS) is 11.7. The summed E-state index contributed by atoms with van der Waals surface area (Å²) in [4.78, 5) is 1.70. The van der Waals surface area contributed by atoms with Crippen LogP contribution in [0, 0.1) is 14.5 Å². The monoisotopic (exact) mass is 301 g/mol. The molecule has 0 rings (SSSR count). The minimum atomic E-state index is -0.262. The van der Waals surface area contributed by atoms with Crippen molar-refractivity contribution in [1.29, 1.82) is 0 Å². The van der Waals surface area contributed by atoms with Crippen LogP contribution >= 0.6 is 0 Å². The van der Waals surface area contributed by atoms with Crippen LogP contribution < -0.4 is 0 Å². The molecule has 0 radical (unpaired) electrons. The van der Waals surface area contributed by atoms with Gasteiger partial charge in [0.1, 0.15) is 0 Å². The van der Waals surface area contributed by atoms with Crippen LogP contribution in [0.15, 0.2) is 0 Å². The van der Waals surface area contributed by atoms with Gasteiger partial charge in [0.05, 0.1) is 6.10 Å². The molecule has 0 bridgehead atoms. The van der Waals surface area contributed by atoms with Crippen molar-refractivity contribution >= 4 is 0 Å². The summed E-state index contributed by atoms with van der Waals surface area (Å²) < 4.78 is 0. The van der Waals surface area contributed by atoms with Gasteiger partial charge < -0.3 is 17.4 Å². The number of hydrogen-bond acceptors (Lipinski definition) is 2. The third kappa shape index (κ3) is 17.7. The molecule has 0 aliphatic heterocycles. The van der Waals surface area contributed by atoms with E-state index in [0.29, 0.717) is 6.54 Å². The van der Waals surface area contributed by atoms with Crippen molar-refractivity contribution in [2.45, 2.75) is 13.0 Å². The van der Waals surface area contributed by atoms with E-state index >= 15 is 0 Å². The Hall–Kier alpha value is 0.608. The Balaban J connectivity index is -0.000000180. The van der Waals surface area contributed by atoms with E-state index in [4.69, 9.17) is 5.11 Å². The first kappa shape index (κ1) is 16.3. The van der Waals surface area contributed by atoms with Crippen molar-refractivity contribution in [1.82, 2.24) is 4.90 Å². The molecule has 0 saturated carbocycles.